The zero-order valence-corrected chi connectivity index (χ0v) is 19.9. The molecule has 0 saturated heterocycles. The lowest BCUT2D eigenvalue weighted by molar-refractivity contribution is -0.120. The molecule has 3 aliphatic rings. The van der Waals surface area contributed by atoms with Gasteiger partial charge in [-0.2, -0.15) is 15.3 Å². The zero-order chi connectivity index (χ0) is 24.2. The lowest BCUT2D eigenvalue weighted by Crippen LogP contribution is -2.58. The van der Waals surface area contributed by atoms with Crippen LogP contribution < -0.4 is 10.6 Å². The van der Waals surface area contributed by atoms with Crippen LogP contribution in [0.4, 0.5) is 0 Å². The summed E-state index contributed by atoms with van der Waals surface area (Å²) in [5.41, 5.74) is 4.74. The number of rotatable bonds is 4. The van der Waals surface area contributed by atoms with Gasteiger partial charge < -0.3 is 10.6 Å². The number of benzene rings is 1. The van der Waals surface area contributed by atoms with Crippen LogP contribution >= 0.6 is 0 Å². The summed E-state index contributed by atoms with van der Waals surface area (Å²) in [4.78, 5) is 22.0. The van der Waals surface area contributed by atoms with Crippen LogP contribution in [0.5, 0.6) is 0 Å². The molecule has 1 unspecified atom stereocenters. The van der Waals surface area contributed by atoms with Crippen molar-refractivity contribution in [2.24, 2.45) is 10.2 Å². The summed E-state index contributed by atoms with van der Waals surface area (Å²) in [5, 5.41) is 19.9. The van der Waals surface area contributed by atoms with Crippen molar-refractivity contribution in [3.63, 3.8) is 0 Å². The Morgan fingerprint density at radius 3 is 2.86 bits per heavy atom. The minimum Gasteiger partial charge on any atom is -0.362 e. The second kappa shape index (κ2) is 7.69. The van der Waals surface area contributed by atoms with Crippen molar-refractivity contribution in [3.8, 4) is 16.9 Å². The number of amides is 1. The Morgan fingerprint density at radius 2 is 2.06 bits per heavy atom. The van der Waals surface area contributed by atoms with Crippen molar-refractivity contribution >= 4 is 5.91 Å². The highest BCUT2D eigenvalue weighted by molar-refractivity contribution is 6.00. The third kappa shape index (κ3) is 3.30. The minimum atomic E-state index is -0.633. The predicted molar refractivity (Wildman–Crippen MR) is 130 cm³/mol. The molecule has 0 fully saturated rings. The number of carbonyl (C=O) groups excluding carboxylic acids is 1. The fourth-order valence-corrected chi connectivity index (χ4v) is 5.58. The topological polar surface area (TPSA) is 109 Å². The van der Waals surface area contributed by atoms with E-state index in [4.69, 9.17) is 0 Å². The molecule has 2 atom stereocenters. The van der Waals surface area contributed by atoms with E-state index in [0.29, 0.717) is 18.7 Å². The van der Waals surface area contributed by atoms with Gasteiger partial charge in [0.05, 0.1) is 29.6 Å². The molecule has 0 saturated carbocycles. The van der Waals surface area contributed by atoms with Crippen LogP contribution in [-0.4, -0.2) is 37.4 Å². The number of aromatic nitrogens is 4. The number of hydrogen-bond donors (Lipinski definition) is 2. The Bertz CT molecular complexity index is 1420. The smallest absolute Gasteiger partial charge is 0.250 e. The molecule has 1 aromatic carbocycles. The first kappa shape index (κ1) is 21.4. The SMILES string of the molecule is CC[C@@]1(c2cccc(-c3cnn(-c4cnccn4)c3)c2)C2=CN=NC2NC2=C1C(=O)NC(C)(C)C2. The van der Waals surface area contributed by atoms with Crippen LogP contribution in [0.25, 0.3) is 16.9 Å². The summed E-state index contributed by atoms with van der Waals surface area (Å²) >= 11 is 0. The molecule has 2 aromatic heterocycles. The van der Waals surface area contributed by atoms with Crippen molar-refractivity contribution in [2.75, 3.05) is 0 Å². The highest BCUT2D eigenvalue weighted by Gasteiger charge is 2.53. The van der Waals surface area contributed by atoms with E-state index >= 15 is 0 Å². The van der Waals surface area contributed by atoms with Gasteiger partial charge >= 0.3 is 0 Å². The summed E-state index contributed by atoms with van der Waals surface area (Å²) in [7, 11) is 0. The third-order valence-electron chi connectivity index (χ3n) is 7.09. The Kier molecular flexibility index (Phi) is 4.70. The maximum atomic E-state index is 13.6. The standard InChI is InChI=1S/C26H26N8O/c1-4-26(19-13-29-33-23(19)31-20-11-25(2,3)32-24(35)22(20)26)18-7-5-6-16(10-18)17-12-30-34(15-17)21-14-27-8-9-28-21/h5-10,12-15,23,31H,4,11H2,1-3H3,(H,32,35)/t23?,26-/m1/s1. The summed E-state index contributed by atoms with van der Waals surface area (Å²) in [5.74, 6) is 0.606. The molecule has 9 heteroatoms. The maximum Gasteiger partial charge on any atom is 0.250 e. The normalized spacial score (nSPS) is 24.4. The number of carbonyl (C=O) groups is 1. The number of nitrogens with zero attached hydrogens (tertiary/aromatic N) is 6. The lowest BCUT2D eigenvalue weighted by Gasteiger charge is -2.48. The van der Waals surface area contributed by atoms with E-state index < -0.39 is 5.41 Å². The van der Waals surface area contributed by atoms with Crippen molar-refractivity contribution in [3.05, 3.63) is 83.9 Å². The maximum absolute atomic E-state index is 13.6. The first-order valence-electron chi connectivity index (χ1n) is 11.8. The van der Waals surface area contributed by atoms with Crippen molar-refractivity contribution in [1.82, 2.24) is 30.4 Å². The van der Waals surface area contributed by atoms with Gasteiger partial charge in [0.15, 0.2) is 12.0 Å². The first-order valence-corrected chi connectivity index (χ1v) is 11.8. The number of azo groups is 1. The van der Waals surface area contributed by atoms with Gasteiger partial charge in [-0.15, -0.1) is 0 Å². The molecule has 6 rings (SSSR count). The molecule has 1 amide bonds. The van der Waals surface area contributed by atoms with Gasteiger partial charge in [-0.25, -0.2) is 9.67 Å². The monoisotopic (exact) mass is 466 g/mol. The predicted octanol–water partition coefficient (Wildman–Crippen LogP) is 3.81. The molecule has 0 spiro atoms. The van der Waals surface area contributed by atoms with E-state index in [1.165, 1.54) is 0 Å². The highest BCUT2D eigenvalue weighted by Crippen LogP contribution is 2.51. The molecule has 3 aliphatic heterocycles. The molecular weight excluding hydrogens is 440 g/mol. The van der Waals surface area contributed by atoms with Crippen LogP contribution in [0.1, 0.15) is 39.2 Å². The van der Waals surface area contributed by atoms with Crippen molar-refractivity contribution in [1.29, 1.82) is 0 Å². The third-order valence-corrected chi connectivity index (χ3v) is 7.09. The van der Waals surface area contributed by atoms with Crippen molar-refractivity contribution < 1.29 is 4.79 Å². The fourth-order valence-electron chi connectivity index (χ4n) is 5.58. The molecular formula is C26H26N8O. The molecule has 0 aliphatic carbocycles. The summed E-state index contributed by atoms with van der Waals surface area (Å²) in [6.45, 7) is 6.21. The van der Waals surface area contributed by atoms with E-state index in [1.807, 2.05) is 38.5 Å². The largest absolute Gasteiger partial charge is 0.362 e. The molecule has 3 aromatic rings. The average Bonchev–Trinajstić information content (AvgIpc) is 3.53. The molecule has 2 N–H and O–H groups in total. The fraction of sp³-hybridized carbons (Fsp3) is 0.308. The Balaban J connectivity index is 1.49. The van der Waals surface area contributed by atoms with Crippen LogP contribution in [-0.2, 0) is 10.2 Å². The van der Waals surface area contributed by atoms with Gasteiger partial charge in [0, 0.05) is 47.4 Å². The van der Waals surface area contributed by atoms with Crippen LogP contribution in [0, 0.1) is 0 Å². The Hall–Kier alpha value is -4.14. The molecule has 0 bridgehead atoms. The van der Waals surface area contributed by atoms with E-state index in [2.05, 4.69) is 61.1 Å². The zero-order valence-electron chi connectivity index (χ0n) is 19.9. The number of fused-ring (bicyclic) bond motifs is 1. The van der Waals surface area contributed by atoms with E-state index in [-0.39, 0.29) is 17.6 Å². The van der Waals surface area contributed by atoms with E-state index in [1.54, 1.807) is 23.3 Å². The van der Waals surface area contributed by atoms with Gasteiger partial charge in [-0.1, -0.05) is 25.1 Å². The van der Waals surface area contributed by atoms with Gasteiger partial charge in [0.25, 0.3) is 5.91 Å². The van der Waals surface area contributed by atoms with Crippen molar-refractivity contribution in [2.45, 2.75) is 50.7 Å². The first-order chi connectivity index (χ1) is 16.9. The summed E-state index contributed by atoms with van der Waals surface area (Å²) in [6, 6.07) is 8.34. The lowest BCUT2D eigenvalue weighted by atomic mass is 9.62. The molecule has 176 valence electrons. The molecule has 9 nitrogen and oxygen atoms in total. The summed E-state index contributed by atoms with van der Waals surface area (Å²) < 4.78 is 1.71. The van der Waals surface area contributed by atoms with E-state index in [0.717, 1.165) is 33.5 Å². The van der Waals surface area contributed by atoms with Crippen LogP contribution in [0.2, 0.25) is 0 Å². The second-order valence-corrected chi connectivity index (χ2v) is 9.81. The quantitative estimate of drug-likeness (QED) is 0.608. The van der Waals surface area contributed by atoms with Crippen LogP contribution in [0.15, 0.2) is 88.5 Å². The number of hydrogen-bond acceptors (Lipinski definition) is 7. The minimum absolute atomic E-state index is 0.0438. The van der Waals surface area contributed by atoms with Gasteiger partial charge in [0.1, 0.15) is 0 Å². The number of nitrogens with one attached hydrogen (secondary N) is 2. The van der Waals surface area contributed by atoms with E-state index in [9.17, 15) is 4.79 Å². The van der Waals surface area contributed by atoms with Gasteiger partial charge in [-0.3, -0.25) is 9.78 Å². The summed E-state index contributed by atoms with van der Waals surface area (Å²) in [6.07, 6.45) is 11.7. The molecule has 35 heavy (non-hydrogen) atoms. The molecule has 5 heterocycles. The Morgan fingerprint density at radius 1 is 1.17 bits per heavy atom. The van der Waals surface area contributed by atoms with Gasteiger partial charge in [0.2, 0.25) is 0 Å². The average molecular weight is 467 g/mol. The molecule has 0 radical (unpaired) electrons. The second-order valence-electron chi connectivity index (χ2n) is 9.81. The highest BCUT2D eigenvalue weighted by atomic mass is 16.2. The Labute approximate surface area is 203 Å². The van der Waals surface area contributed by atoms with Gasteiger partial charge in [-0.05, 0) is 37.5 Å². The van der Waals surface area contributed by atoms with Crippen LogP contribution in [0.3, 0.4) is 0 Å².